The van der Waals surface area contributed by atoms with Gasteiger partial charge in [0.25, 0.3) is 0 Å². The molecule has 23 heavy (non-hydrogen) atoms. The minimum absolute atomic E-state index is 0.0149. The summed E-state index contributed by atoms with van der Waals surface area (Å²) in [6.45, 7) is 7.01. The van der Waals surface area contributed by atoms with E-state index in [2.05, 4.69) is 18.2 Å². The summed E-state index contributed by atoms with van der Waals surface area (Å²) in [4.78, 5) is 25.4. The van der Waals surface area contributed by atoms with Gasteiger partial charge in [0.15, 0.2) is 0 Å². The molecule has 4 unspecified atom stereocenters. The van der Waals surface area contributed by atoms with Crippen LogP contribution in [0.5, 0.6) is 0 Å². The predicted octanol–water partition coefficient (Wildman–Crippen LogP) is 2.31. The van der Waals surface area contributed by atoms with Crippen molar-refractivity contribution in [3.05, 3.63) is 34.9 Å². The molecule has 124 valence electrons. The second-order valence-electron chi connectivity index (χ2n) is 6.81. The molecule has 0 aromatic heterocycles. The predicted molar refractivity (Wildman–Crippen MR) is 85.0 cm³/mol. The van der Waals surface area contributed by atoms with E-state index in [1.807, 2.05) is 25.7 Å². The Kier molecular flexibility index (Phi) is 4.15. The fraction of sp³-hybridized carbons (Fsp3) is 0.556. The van der Waals surface area contributed by atoms with Gasteiger partial charge in [0, 0.05) is 0 Å². The molecule has 0 bridgehead atoms. The van der Waals surface area contributed by atoms with Crippen molar-refractivity contribution >= 4 is 11.9 Å². The fourth-order valence-corrected chi connectivity index (χ4v) is 3.31. The molecular formula is C18H23NO4. The molecule has 1 heterocycles. The number of carbonyl (C=O) groups excluding carboxylic acids is 1. The summed E-state index contributed by atoms with van der Waals surface area (Å²) in [6, 6.07) is 6.23. The summed E-state index contributed by atoms with van der Waals surface area (Å²) in [5, 5.41) is 9.04. The van der Waals surface area contributed by atoms with Gasteiger partial charge in [-0.15, -0.1) is 0 Å². The largest absolute Gasteiger partial charge is 0.481 e. The molecule has 2 fully saturated rings. The number of morpholine rings is 1. The summed E-state index contributed by atoms with van der Waals surface area (Å²) in [5.74, 6) is -1.76. The molecule has 1 aromatic rings. The Morgan fingerprint density at radius 2 is 2.00 bits per heavy atom. The topological polar surface area (TPSA) is 66.8 Å². The molecular weight excluding hydrogens is 294 g/mol. The van der Waals surface area contributed by atoms with Gasteiger partial charge in [-0.05, 0) is 38.3 Å². The van der Waals surface area contributed by atoms with Gasteiger partial charge >= 0.3 is 5.97 Å². The van der Waals surface area contributed by atoms with E-state index < -0.39 is 11.9 Å². The Bertz CT molecular complexity index is 642. The highest BCUT2D eigenvalue weighted by atomic mass is 16.5. The first-order valence-electron chi connectivity index (χ1n) is 8.10. The van der Waals surface area contributed by atoms with Gasteiger partial charge in [0.05, 0.1) is 31.0 Å². The van der Waals surface area contributed by atoms with Gasteiger partial charge in [0.1, 0.15) is 6.10 Å². The number of hydrogen-bond acceptors (Lipinski definition) is 3. The standard InChI is InChI=1S/C18H23NO4/c1-10-4-5-11(2)13(6-10)16-8-19(12(3)9-23-16)17(20)14-7-15(14)18(21)22/h4-6,12,14-16H,7-9H2,1-3H3,(H,21,22). The van der Waals surface area contributed by atoms with Crippen LogP contribution in [0, 0.1) is 25.7 Å². The third-order valence-corrected chi connectivity index (χ3v) is 4.92. The van der Waals surface area contributed by atoms with Crippen molar-refractivity contribution in [1.82, 2.24) is 4.90 Å². The summed E-state index contributed by atoms with van der Waals surface area (Å²) in [5.41, 5.74) is 3.43. The number of carboxylic acid groups (broad SMARTS) is 1. The van der Waals surface area contributed by atoms with E-state index in [0.717, 1.165) is 11.1 Å². The van der Waals surface area contributed by atoms with Crippen molar-refractivity contribution in [3.8, 4) is 0 Å². The van der Waals surface area contributed by atoms with Crippen LogP contribution in [0.1, 0.15) is 36.1 Å². The molecule has 1 aliphatic heterocycles. The molecule has 1 aliphatic carbocycles. The molecule has 5 heteroatoms. The van der Waals surface area contributed by atoms with E-state index in [1.165, 1.54) is 5.56 Å². The Balaban J connectivity index is 1.76. The van der Waals surface area contributed by atoms with Gasteiger partial charge < -0.3 is 14.7 Å². The Hall–Kier alpha value is -1.88. The number of aryl methyl sites for hydroxylation is 2. The average Bonchev–Trinajstić information content (AvgIpc) is 3.30. The normalized spacial score (nSPS) is 30.1. The lowest BCUT2D eigenvalue weighted by molar-refractivity contribution is -0.149. The van der Waals surface area contributed by atoms with Crippen molar-refractivity contribution in [2.24, 2.45) is 11.8 Å². The number of ether oxygens (including phenoxy) is 1. The quantitative estimate of drug-likeness (QED) is 0.929. The van der Waals surface area contributed by atoms with Gasteiger partial charge in [-0.3, -0.25) is 9.59 Å². The number of rotatable bonds is 3. The first kappa shape index (κ1) is 16.0. The Labute approximate surface area is 136 Å². The zero-order valence-corrected chi connectivity index (χ0v) is 13.8. The number of benzene rings is 1. The van der Waals surface area contributed by atoms with Crippen LogP contribution >= 0.6 is 0 Å². The van der Waals surface area contributed by atoms with Crippen LogP contribution in [0.3, 0.4) is 0 Å². The highest BCUT2D eigenvalue weighted by Crippen LogP contribution is 2.41. The van der Waals surface area contributed by atoms with Gasteiger partial charge in [-0.1, -0.05) is 23.8 Å². The summed E-state index contributed by atoms with van der Waals surface area (Å²) in [6.07, 6.45) is 0.323. The van der Waals surface area contributed by atoms with Gasteiger partial charge in [0.2, 0.25) is 5.91 Å². The molecule has 1 saturated carbocycles. The molecule has 1 N–H and O–H groups in total. The third-order valence-electron chi connectivity index (χ3n) is 4.92. The lowest BCUT2D eigenvalue weighted by Gasteiger charge is -2.39. The lowest BCUT2D eigenvalue weighted by Crippen LogP contribution is -2.49. The zero-order chi connectivity index (χ0) is 16.7. The summed E-state index contributed by atoms with van der Waals surface area (Å²) >= 11 is 0. The van der Waals surface area contributed by atoms with E-state index in [-0.39, 0.29) is 24.0 Å². The van der Waals surface area contributed by atoms with Crippen molar-refractivity contribution < 1.29 is 19.4 Å². The van der Waals surface area contributed by atoms with Crippen LogP contribution in [0.15, 0.2) is 18.2 Å². The second kappa shape index (κ2) is 5.96. The maximum Gasteiger partial charge on any atom is 0.307 e. The van der Waals surface area contributed by atoms with E-state index >= 15 is 0 Å². The first-order chi connectivity index (χ1) is 10.9. The second-order valence-corrected chi connectivity index (χ2v) is 6.81. The number of hydrogen-bond donors (Lipinski definition) is 1. The maximum absolute atomic E-state index is 12.6. The highest BCUT2D eigenvalue weighted by Gasteiger charge is 2.51. The first-order valence-corrected chi connectivity index (χ1v) is 8.10. The van der Waals surface area contributed by atoms with E-state index in [9.17, 15) is 9.59 Å². The molecule has 1 amide bonds. The smallest absolute Gasteiger partial charge is 0.307 e. The molecule has 5 nitrogen and oxygen atoms in total. The van der Waals surface area contributed by atoms with Crippen molar-refractivity contribution in [3.63, 3.8) is 0 Å². The Morgan fingerprint density at radius 1 is 1.26 bits per heavy atom. The van der Waals surface area contributed by atoms with Crippen LogP contribution in [0.25, 0.3) is 0 Å². The minimum atomic E-state index is -0.865. The number of amides is 1. The minimum Gasteiger partial charge on any atom is -0.481 e. The summed E-state index contributed by atoms with van der Waals surface area (Å²) in [7, 11) is 0. The Morgan fingerprint density at radius 3 is 2.65 bits per heavy atom. The molecule has 0 spiro atoms. The molecule has 2 aliphatic rings. The number of nitrogens with zero attached hydrogens (tertiary/aromatic N) is 1. The average molecular weight is 317 g/mol. The molecule has 1 saturated heterocycles. The van der Waals surface area contributed by atoms with Crippen molar-refractivity contribution in [2.45, 2.75) is 39.3 Å². The zero-order valence-electron chi connectivity index (χ0n) is 13.8. The number of carbonyl (C=O) groups is 2. The van der Waals surface area contributed by atoms with Crippen LogP contribution in [-0.2, 0) is 14.3 Å². The van der Waals surface area contributed by atoms with Crippen molar-refractivity contribution in [1.29, 1.82) is 0 Å². The molecule has 1 aromatic carbocycles. The van der Waals surface area contributed by atoms with Crippen LogP contribution < -0.4 is 0 Å². The number of carboxylic acids is 1. The highest BCUT2D eigenvalue weighted by molar-refractivity contribution is 5.89. The van der Waals surface area contributed by atoms with Crippen molar-refractivity contribution in [2.75, 3.05) is 13.2 Å². The monoisotopic (exact) mass is 317 g/mol. The van der Waals surface area contributed by atoms with E-state index in [1.54, 1.807) is 0 Å². The van der Waals surface area contributed by atoms with Crippen LogP contribution in [0.4, 0.5) is 0 Å². The third kappa shape index (κ3) is 3.11. The van der Waals surface area contributed by atoms with E-state index in [4.69, 9.17) is 9.84 Å². The molecule has 3 rings (SSSR count). The molecule has 0 radical (unpaired) electrons. The molecule has 4 atom stereocenters. The lowest BCUT2D eigenvalue weighted by atomic mass is 9.98. The maximum atomic E-state index is 12.6. The van der Waals surface area contributed by atoms with E-state index in [0.29, 0.717) is 19.6 Å². The van der Waals surface area contributed by atoms with Crippen LogP contribution in [-0.4, -0.2) is 41.1 Å². The van der Waals surface area contributed by atoms with Crippen LogP contribution in [0.2, 0.25) is 0 Å². The SMILES string of the molecule is Cc1ccc(C)c(C2CN(C(=O)C3CC3C(=O)O)C(C)CO2)c1. The fourth-order valence-electron chi connectivity index (χ4n) is 3.31. The number of aliphatic carboxylic acids is 1. The van der Waals surface area contributed by atoms with Gasteiger partial charge in [-0.25, -0.2) is 0 Å². The van der Waals surface area contributed by atoms with Gasteiger partial charge in [-0.2, -0.15) is 0 Å². The summed E-state index contributed by atoms with van der Waals surface area (Å²) < 4.78 is 5.96.